The first kappa shape index (κ1) is 14.0. The maximum Gasteiger partial charge on any atom is 0.154 e. The smallest absolute Gasteiger partial charge is 0.154 e. The highest BCUT2D eigenvalue weighted by atomic mass is 32.2. The zero-order valence-electron chi connectivity index (χ0n) is 11.3. The lowest BCUT2D eigenvalue weighted by Gasteiger charge is -2.30. The highest BCUT2D eigenvalue weighted by molar-refractivity contribution is 7.92. The second-order valence-corrected chi connectivity index (χ2v) is 7.91. The molecule has 0 saturated heterocycles. The van der Waals surface area contributed by atoms with E-state index in [9.17, 15) is 8.42 Å². The van der Waals surface area contributed by atoms with Gasteiger partial charge in [0.1, 0.15) is 0 Å². The Kier molecular flexibility index (Phi) is 3.36. The van der Waals surface area contributed by atoms with Gasteiger partial charge in [-0.2, -0.15) is 0 Å². The quantitative estimate of drug-likeness (QED) is 0.932. The fourth-order valence-corrected chi connectivity index (χ4v) is 2.52. The van der Waals surface area contributed by atoms with Gasteiger partial charge < -0.3 is 5.73 Å². The minimum absolute atomic E-state index is 0.577. The van der Waals surface area contributed by atoms with Crippen LogP contribution < -0.4 is 5.73 Å². The van der Waals surface area contributed by atoms with Crippen LogP contribution in [0.2, 0.25) is 0 Å². The summed E-state index contributed by atoms with van der Waals surface area (Å²) >= 11 is 0. The summed E-state index contributed by atoms with van der Waals surface area (Å²) in [5.41, 5.74) is 7.82. The Hall–Kier alpha value is -1.46. The van der Waals surface area contributed by atoms with E-state index in [-0.39, 0.29) is 0 Å². The monoisotopic (exact) mass is 278 g/mol. The maximum absolute atomic E-state index is 11.8. The molecule has 0 aliphatic carbocycles. The lowest BCUT2D eigenvalue weighted by molar-refractivity contribution is 0.497. The largest absolute Gasteiger partial charge is 0.323 e. The van der Waals surface area contributed by atoms with Gasteiger partial charge in [-0.3, -0.25) is 4.98 Å². The predicted octanol–water partition coefficient (Wildman–Crippen LogP) is 2.06. The second kappa shape index (κ2) is 4.58. The third-order valence-electron chi connectivity index (χ3n) is 3.69. The highest BCUT2D eigenvalue weighted by Crippen LogP contribution is 2.31. The molecule has 0 bridgehead atoms. The molecule has 0 saturated carbocycles. The lowest BCUT2D eigenvalue weighted by atomic mass is 9.95. The van der Waals surface area contributed by atoms with Crippen molar-refractivity contribution in [2.45, 2.75) is 24.6 Å². The van der Waals surface area contributed by atoms with Gasteiger partial charge in [-0.15, -0.1) is 0 Å². The number of fused-ring (bicyclic) bond motifs is 1. The topological polar surface area (TPSA) is 73.0 Å². The van der Waals surface area contributed by atoms with Gasteiger partial charge >= 0.3 is 0 Å². The molecule has 2 N–H and O–H groups in total. The molecule has 1 atom stereocenters. The van der Waals surface area contributed by atoms with Gasteiger partial charge in [0, 0.05) is 23.9 Å². The van der Waals surface area contributed by atoms with Gasteiger partial charge in [-0.1, -0.05) is 12.1 Å². The molecular formula is C14H18N2O2S. The van der Waals surface area contributed by atoms with E-state index in [1.54, 1.807) is 20.0 Å². The van der Waals surface area contributed by atoms with Gasteiger partial charge in [0.2, 0.25) is 0 Å². The van der Waals surface area contributed by atoms with Gasteiger partial charge in [-0.25, -0.2) is 8.42 Å². The number of sulfone groups is 1. The highest BCUT2D eigenvalue weighted by Gasteiger charge is 2.37. The van der Waals surface area contributed by atoms with E-state index < -0.39 is 20.6 Å². The van der Waals surface area contributed by atoms with Crippen LogP contribution in [-0.4, -0.2) is 24.4 Å². The number of benzene rings is 1. The summed E-state index contributed by atoms with van der Waals surface area (Å²) in [6, 6.07) is 8.81. The minimum atomic E-state index is -3.24. The second-order valence-electron chi connectivity index (χ2n) is 5.31. The van der Waals surface area contributed by atoms with E-state index in [0.29, 0.717) is 0 Å². The van der Waals surface area contributed by atoms with Crippen molar-refractivity contribution in [1.82, 2.24) is 4.98 Å². The first-order valence-electron chi connectivity index (χ1n) is 6.03. The van der Waals surface area contributed by atoms with Crippen molar-refractivity contribution < 1.29 is 8.42 Å². The molecule has 19 heavy (non-hydrogen) atoms. The van der Waals surface area contributed by atoms with E-state index in [1.807, 2.05) is 30.3 Å². The Morgan fingerprint density at radius 3 is 2.58 bits per heavy atom. The Morgan fingerprint density at radius 2 is 1.95 bits per heavy atom. The van der Waals surface area contributed by atoms with Crippen molar-refractivity contribution in [1.29, 1.82) is 0 Å². The van der Waals surface area contributed by atoms with E-state index in [0.717, 1.165) is 16.5 Å². The summed E-state index contributed by atoms with van der Waals surface area (Å²) in [6.45, 7) is 3.31. The van der Waals surface area contributed by atoms with Crippen molar-refractivity contribution in [3.8, 4) is 0 Å². The van der Waals surface area contributed by atoms with Gasteiger partial charge in [0.25, 0.3) is 0 Å². The standard InChI is InChI=1S/C14H18N2O2S/c1-14(2,19(3,17)18)13(15)11-6-7-12-10(9-11)5-4-8-16-12/h4-9,13H,15H2,1-3H3. The minimum Gasteiger partial charge on any atom is -0.323 e. The van der Waals surface area contributed by atoms with Crippen LogP contribution in [0.15, 0.2) is 36.5 Å². The number of aromatic nitrogens is 1. The molecule has 0 aliphatic heterocycles. The maximum atomic E-state index is 11.8. The first-order valence-corrected chi connectivity index (χ1v) is 7.92. The van der Waals surface area contributed by atoms with Crippen LogP contribution in [0.5, 0.6) is 0 Å². The van der Waals surface area contributed by atoms with Crippen LogP contribution in [0, 0.1) is 0 Å². The molecule has 0 amide bonds. The zero-order valence-corrected chi connectivity index (χ0v) is 12.1. The molecule has 0 spiro atoms. The number of pyridine rings is 1. The van der Waals surface area contributed by atoms with Gasteiger partial charge in [0.15, 0.2) is 9.84 Å². The van der Waals surface area contributed by atoms with Crippen molar-refractivity contribution in [3.05, 3.63) is 42.1 Å². The normalized spacial score (nSPS) is 14.5. The predicted molar refractivity (Wildman–Crippen MR) is 77.6 cm³/mol. The van der Waals surface area contributed by atoms with Gasteiger partial charge in [-0.05, 0) is 37.6 Å². The fourth-order valence-electron chi connectivity index (χ4n) is 1.92. The van der Waals surface area contributed by atoms with E-state index >= 15 is 0 Å². The van der Waals surface area contributed by atoms with Crippen molar-refractivity contribution in [2.24, 2.45) is 5.73 Å². The Labute approximate surface area is 113 Å². The summed E-state index contributed by atoms with van der Waals surface area (Å²) in [5, 5.41) is 0.958. The first-order chi connectivity index (χ1) is 8.73. The van der Waals surface area contributed by atoms with Crippen LogP contribution in [-0.2, 0) is 9.84 Å². The number of hydrogen-bond acceptors (Lipinski definition) is 4. The molecule has 2 rings (SSSR count). The van der Waals surface area contributed by atoms with Crippen LogP contribution in [0.25, 0.3) is 10.9 Å². The van der Waals surface area contributed by atoms with Crippen LogP contribution in [0.3, 0.4) is 0 Å². The number of nitrogens with two attached hydrogens (primary N) is 1. The lowest BCUT2D eigenvalue weighted by Crippen LogP contribution is -2.42. The molecule has 0 fully saturated rings. The average Bonchev–Trinajstić information content (AvgIpc) is 2.36. The van der Waals surface area contributed by atoms with Crippen molar-refractivity contribution >= 4 is 20.7 Å². The molecule has 5 heteroatoms. The molecule has 4 nitrogen and oxygen atoms in total. The van der Waals surface area contributed by atoms with Crippen LogP contribution in [0.4, 0.5) is 0 Å². The Balaban J connectivity index is 2.50. The Morgan fingerprint density at radius 1 is 1.26 bits per heavy atom. The number of nitrogens with zero attached hydrogens (tertiary/aromatic N) is 1. The molecule has 102 valence electrons. The average molecular weight is 278 g/mol. The molecule has 1 heterocycles. The van der Waals surface area contributed by atoms with Gasteiger partial charge in [0.05, 0.1) is 10.3 Å². The molecule has 2 aromatic rings. The summed E-state index contributed by atoms with van der Waals surface area (Å²) in [4.78, 5) is 4.23. The van der Waals surface area contributed by atoms with E-state index in [2.05, 4.69) is 4.98 Å². The molecular weight excluding hydrogens is 260 g/mol. The molecule has 0 radical (unpaired) electrons. The summed E-state index contributed by atoms with van der Waals surface area (Å²) in [6.07, 6.45) is 2.94. The Bertz CT molecular complexity index is 708. The molecule has 1 aromatic carbocycles. The molecule has 0 aliphatic rings. The van der Waals surface area contributed by atoms with E-state index in [4.69, 9.17) is 5.73 Å². The zero-order chi connectivity index (χ0) is 14.3. The van der Waals surface area contributed by atoms with Crippen molar-refractivity contribution in [3.63, 3.8) is 0 Å². The molecule has 1 aromatic heterocycles. The molecule has 1 unspecified atom stereocenters. The number of rotatable bonds is 3. The van der Waals surface area contributed by atoms with Crippen LogP contribution >= 0.6 is 0 Å². The summed E-state index contributed by atoms with van der Waals surface area (Å²) in [5.74, 6) is 0. The third kappa shape index (κ3) is 2.48. The van der Waals surface area contributed by atoms with Crippen molar-refractivity contribution in [2.75, 3.05) is 6.26 Å². The number of hydrogen-bond donors (Lipinski definition) is 1. The summed E-state index contributed by atoms with van der Waals surface area (Å²) in [7, 11) is -3.24. The SMILES string of the molecule is CC(C)(C(N)c1ccc2ncccc2c1)S(C)(=O)=O. The third-order valence-corrected chi connectivity index (χ3v) is 5.86. The van der Waals surface area contributed by atoms with E-state index in [1.165, 1.54) is 6.26 Å². The summed E-state index contributed by atoms with van der Waals surface area (Å²) < 4.78 is 22.7. The fraction of sp³-hybridized carbons (Fsp3) is 0.357. The van der Waals surface area contributed by atoms with Crippen LogP contribution in [0.1, 0.15) is 25.5 Å².